The number of nitrogens with zero attached hydrogens (tertiary/aromatic N) is 1. The van der Waals surface area contributed by atoms with Crippen molar-refractivity contribution >= 4 is 11.6 Å². The molecule has 116 valence electrons. The van der Waals surface area contributed by atoms with E-state index in [4.69, 9.17) is 5.11 Å². The fourth-order valence-electron chi connectivity index (χ4n) is 2.27. The van der Waals surface area contributed by atoms with Crippen LogP contribution in [0.1, 0.15) is 19.3 Å². The third-order valence-corrected chi connectivity index (χ3v) is 3.63. The van der Waals surface area contributed by atoms with Crippen molar-refractivity contribution in [3.63, 3.8) is 0 Å². The SMILES string of the molecule is O=C(CN(CCO)C1CCC1)Nc1ccc(F)c(F)c1F. The fourth-order valence-corrected chi connectivity index (χ4v) is 2.27. The summed E-state index contributed by atoms with van der Waals surface area (Å²) >= 11 is 0. The van der Waals surface area contributed by atoms with E-state index in [9.17, 15) is 18.0 Å². The van der Waals surface area contributed by atoms with Crippen LogP contribution >= 0.6 is 0 Å². The Kier molecular flexibility index (Phi) is 5.19. The highest BCUT2D eigenvalue weighted by Crippen LogP contribution is 2.24. The molecule has 0 bridgehead atoms. The van der Waals surface area contributed by atoms with Gasteiger partial charge in [-0.05, 0) is 25.0 Å². The van der Waals surface area contributed by atoms with Crippen molar-refractivity contribution in [2.75, 3.05) is 25.0 Å². The first-order valence-electron chi connectivity index (χ1n) is 6.81. The summed E-state index contributed by atoms with van der Waals surface area (Å²) < 4.78 is 39.3. The average Bonchev–Trinajstić information content (AvgIpc) is 2.38. The molecule has 0 spiro atoms. The fraction of sp³-hybridized carbons (Fsp3) is 0.500. The van der Waals surface area contributed by atoms with Gasteiger partial charge in [0.2, 0.25) is 5.91 Å². The number of aliphatic hydroxyl groups is 1. The zero-order valence-corrected chi connectivity index (χ0v) is 11.4. The second kappa shape index (κ2) is 6.91. The predicted molar refractivity (Wildman–Crippen MR) is 71.2 cm³/mol. The molecule has 1 aliphatic rings. The number of carbonyl (C=O) groups excluding carboxylic acids is 1. The van der Waals surface area contributed by atoms with Gasteiger partial charge in [0.25, 0.3) is 0 Å². The molecule has 1 saturated carbocycles. The molecule has 0 aliphatic heterocycles. The van der Waals surface area contributed by atoms with Crippen LogP contribution in [0.4, 0.5) is 18.9 Å². The number of carbonyl (C=O) groups is 1. The lowest BCUT2D eigenvalue weighted by atomic mass is 9.91. The summed E-state index contributed by atoms with van der Waals surface area (Å²) in [6, 6.07) is 1.97. The normalized spacial score (nSPS) is 15.1. The van der Waals surface area contributed by atoms with E-state index in [0.29, 0.717) is 6.54 Å². The highest BCUT2D eigenvalue weighted by atomic mass is 19.2. The third kappa shape index (κ3) is 3.74. The lowest BCUT2D eigenvalue weighted by molar-refractivity contribution is -0.118. The number of aliphatic hydroxyl groups excluding tert-OH is 1. The molecule has 1 fully saturated rings. The van der Waals surface area contributed by atoms with Crippen molar-refractivity contribution in [1.29, 1.82) is 0 Å². The van der Waals surface area contributed by atoms with Crippen LogP contribution in [0.5, 0.6) is 0 Å². The second-order valence-electron chi connectivity index (χ2n) is 5.05. The van der Waals surface area contributed by atoms with Crippen molar-refractivity contribution in [2.45, 2.75) is 25.3 Å². The van der Waals surface area contributed by atoms with Gasteiger partial charge in [0.05, 0.1) is 18.8 Å². The van der Waals surface area contributed by atoms with Crippen molar-refractivity contribution < 1.29 is 23.1 Å². The van der Waals surface area contributed by atoms with Gasteiger partial charge in [-0.3, -0.25) is 9.69 Å². The largest absolute Gasteiger partial charge is 0.395 e. The smallest absolute Gasteiger partial charge is 0.238 e. The van der Waals surface area contributed by atoms with Gasteiger partial charge in [0.1, 0.15) is 0 Å². The number of halogens is 3. The molecule has 0 atom stereocenters. The lowest BCUT2D eigenvalue weighted by Gasteiger charge is -2.36. The van der Waals surface area contributed by atoms with E-state index in [1.54, 1.807) is 4.90 Å². The molecule has 2 N–H and O–H groups in total. The number of nitrogens with one attached hydrogen (secondary N) is 1. The Labute approximate surface area is 120 Å². The zero-order valence-electron chi connectivity index (χ0n) is 11.4. The summed E-state index contributed by atoms with van der Waals surface area (Å²) in [5, 5.41) is 11.2. The minimum Gasteiger partial charge on any atom is -0.395 e. The van der Waals surface area contributed by atoms with E-state index >= 15 is 0 Å². The zero-order chi connectivity index (χ0) is 15.4. The summed E-state index contributed by atoms with van der Waals surface area (Å²) in [5.74, 6) is -4.86. The van der Waals surface area contributed by atoms with Gasteiger partial charge < -0.3 is 10.4 Å². The molecule has 1 aromatic carbocycles. The number of hydrogen-bond donors (Lipinski definition) is 2. The molecule has 1 aliphatic carbocycles. The van der Waals surface area contributed by atoms with Crippen LogP contribution in [0.2, 0.25) is 0 Å². The Bertz CT molecular complexity index is 521. The molecule has 0 unspecified atom stereocenters. The molecule has 0 radical (unpaired) electrons. The molecule has 1 aromatic rings. The molecule has 1 amide bonds. The van der Waals surface area contributed by atoms with Gasteiger partial charge in [0.15, 0.2) is 17.5 Å². The van der Waals surface area contributed by atoms with E-state index in [0.717, 1.165) is 31.4 Å². The Morgan fingerprint density at radius 3 is 2.57 bits per heavy atom. The van der Waals surface area contributed by atoms with E-state index in [-0.39, 0.29) is 19.2 Å². The minimum absolute atomic E-state index is 0.0241. The van der Waals surface area contributed by atoms with Gasteiger partial charge in [-0.25, -0.2) is 13.2 Å². The summed E-state index contributed by atoms with van der Waals surface area (Å²) in [5.41, 5.74) is -0.392. The molecule has 0 heterocycles. The summed E-state index contributed by atoms with van der Waals surface area (Å²) in [6.07, 6.45) is 2.98. The minimum atomic E-state index is -1.61. The highest BCUT2D eigenvalue weighted by Gasteiger charge is 2.26. The maximum Gasteiger partial charge on any atom is 0.238 e. The topological polar surface area (TPSA) is 52.6 Å². The highest BCUT2D eigenvalue weighted by molar-refractivity contribution is 5.92. The van der Waals surface area contributed by atoms with Crippen molar-refractivity contribution in [2.24, 2.45) is 0 Å². The Hall–Kier alpha value is -1.60. The Morgan fingerprint density at radius 2 is 2.00 bits per heavy atom. The van der Waals surface area contributed by atoms with Crippen LogP contribution in [0.3, 0.4) is 0 Å². The van der Waals surface area contributed by atoms with Crippen molar-refractivity contribution in [3.05, 3.63) is 29.6 Å². The monoisotopic (exact) mass is 302 g/mol. The van der Waals surface area contributed by atoms with Gasteiger partial charge in [-0.1, -0.05) is 6.42 Å². The standard InChI is InChI=1S/C14H17F3N2O2/c15-10-4-5-11(14(17)13(10)16)18-12(21)8-19(6-7-20)9-2-1-3-9/h4-5,9,20H,1-3,6-8H2,(H,18,21). The maximum atomic E-state index is 13.5. The van der Waals surface area contributed by atoms with Crippen molar-refractivity contribution in [1.82, 2.24) is 4.90 Å². The number of benzene rings is 1. The van der Waals surface area contributed by atoms with Crippen LogP contribution in [0, 0.1) is 17.5 Å². The molecule has 4 nitrogen and oxygen atoms in total. The average molecular weight is 302 g/mol. The second-order valence-corrected chi connectivity index (χ2v) is 5.05. The molecule has 0 aromatic heterocycles. The van der Waals surface area contributed by atoms with E-state index in [1.165, 1.54) is 0 Å². The van der Waals surface area contributed by atoms with Crippen LogP contribution < -0.4 is 5.32 Å². The summed E-state index contributed by atoms with van der Waals surface area (Å²) in [4.78, 5) is 13.7. The summed E-state index contributed by atoms with van der Waals surface area (Å²) in [6.45, 7) is 0.241. The molecule has 7 heteroatoms. The first kappa shape index (κ1) is 15.8. The van der Waals surface area contributed by atoms with Gasteiger partial charge in [-0.15, -0.1) is 0 Å². The number of anilines is 1. The number of amides is 1. The first-order valence-corrected chi connectivity index (χ1v) is 6.81. The molecule has 0 saturated heterocycles. The van der Waals surface area contributed by atoms with Crippen LogP contribution in [0.15, 0.2) is 12.1 Å². The first-order chi connectivity index (χ1) is 10.0. The lowest BCUT2D eigenvalue weighted by Crippen LogP contribution is -2.45. The maximum absolute atomic E-state index is 13.5. The van der Waals surface area contributed by atoms with E-state index in [2.05, 4.69) is 5.32 Å². The molecule has 21 heavy (non-hydrogen) atoms. The van der Waals surface area contributed by atoms with Crippen molar-refractivity contribution in [3.8, 4) is 0 Å². The number of rotatable bonds is 6. The van der Waals surface area contributed by atoms with E-state index in [1.807, 2.05) is 0 Å². The van der Waals surface area contributed by atoms with Gasteiger partial charge in [0, 0.05) is 12.6 Å². The summed E-state index contributed by atoms with van der Waals surface area (Å²) in [7, 11) is 0. The van der Waals surface area contributed by atoms with Gasteiger partial charge >= 0.3 is 0 Å². The van der Waals surface area contributed by atoms with Crippen LogP contribution in [0.25, 0.3) is 0 Å². The quantitative estimate of drug-likeness (QED) is 0.789. The van der Waals surface area contributed by atoms with Gasteiger partial charge in [-0.2, -0.15) is 0 Å². The molecule has 2 rings (SSSR count). The molecular weight excluding hydrogens is 285 g/mol. The molecular formula is C14H17F3N2O2. The van der Waals surface area contributed by atoms with Crippen LogP contribution in [-0.4, -0.2) is 41.7 Å². The van der Waals surface area contributed by atoms with E-state index < -0.39 is 29.0 Å². The number of hydrogen-bond acceptors (Lipinski definition) is 3. The third-order valence-electron chi connectivity index (χ3n) is 3.63. The Morgan fingerprint density at radius 1 is 1.29 bits per heavy atom. The Balaban J connectivity index is 1.98. The predicted octanol–water partition coefficient (Wildman–Crippen LogP) is 1.89. The van der Waals surface area contributed by atoms with Crippen LogP contribution in [-0.2, 0) is 4.79 Å².